The molecule has 0 aliphatic heterocycles. The maximum atomic E-state index is 11.3. The molecule has 10 heteroatoms. The molecule has 0 bridgehead atoms. The van der Waals surface area contributed by atoms with Gasteiger partial charge in [0.15, 0.2) is 5.78 Å². The minimum absolute atomic E-state index is 0.0297. The molecule has 0 aliphatic carbocycles. The molecule has 0 atom stereocenters. The Morgan fingerprint density at radius 3 is 1.47 bits per heavy atom. The second-order valence-electron chi connectivity index (χ2n) is 7.38. The summed E-state index contributed by atoms with van der Waals surface area (Å²) in [7, 11) is 14.8. The molecule has 0 aromatic heterocycles. The lowest BCUT2D eigenvalue weighted by atomic mass is 10.1. The predicted octanol–water partition coefficient (Wildman–Crippen LogP) is 8.48. The lowest BCUT2D eigenvalue weighted by molar-refractivity contribution is -0.131. The summed E-state index contributed by atoms with van der Waals surface area (Å²) >= 11 is -1.72. The first kappa shape index (κ1) is 31.0. The zero-order valence-corrected chi connectivity index (χ0v) is 23.9. The minimum Gasteiger partial charge on any atom is -0.507 e. The highest BCUT2D eigenvalue weighted by molar-refractivity contribution is 7.54. The van der Waals surface area contributed by atoms with Crippen LogP contribution in [0.15, 0.2) is 103 Å². The molecule has 196 valence electrons. The zero-order chi connectivity index (χ0) is 27.9. The molecule has 38 heavy (non-hydrogen) atoms. The molecular weight excluding hydrogens is 566 g/mol. The van der Waals surface area contributed by atoms with Gasteiger partial charge < -0.3 is 19.3 Å². The third-order valence-electron chi connectivity index (χ3n) is 4.39. The standard InChI is InChI=1S/2C14H12O3.Al.3ClH/c1-11(15)16-13-7-9-14(10-8-13)17-12-5-3-2-4-6-12;1-10(15)13-9-12(7-8-14(13)16)17-11-5-3-2-4-6-11;;;;/h2-10H,1H3;2-9,16H,1H3;;3*1H/q;;+3;;;/p-3. The van der Waals surface area contributed by atoms with Crippen LogP contribution in [0.2, 0.25) is 0 Å². The summed E-state index contributed by atoms with van der Waals surface area (Å²) in [5.41, 5.74) is 0.262. The van der Waals surface area contributed by atoms with E-state index in [0.29, 0.717) is 23.0 Å². The van der Waals surface area contributed by atoms with E-state index in [9.17, 15) is 14.7 Å². The number of Topliss-reactive ketones (excluding diaryl/α,β-unsaturated/α-hetero) is 1. The molecule has 4 aromatic carbocycles. The van der Waals surface area contributed by atoms with Gasteiger partial charge in [-0.1, -0.05) is 36.4 Å². The van der Waals surface area contributed by atoms with Gasteiger partial charge in [-0.25, -0.2) is 30.1 Å². The Morgan fingerprint density at radius 1 is 0.632 bits per heavy atom. The summed E-state index contributed by atoms with van der Waals surface area (Å²) in [6.45, 7) is 2.77. The first-order chi connectivity index (χ1) is 18.1. The lowest BCUT2D eigenvalue weighted by Gasteiger charge is -2.07. The maximum Gasteiger partial charge on any atom is 0.643 e. The summed E-state index contributed by atoms with van der Waals surface area (Å²) in [6.07, 6.45) is 0. The van der Waals surface area contributed by atoms with Crippen molar-refractivity contribution in [2.24, 2.45) is 0 Å². The number of rotatable bonds is 6. The molecule has 0 unspecified atom stereocenters. The van der Waals surface area contributed by atoms with E-state index >= 15 is 0 Å². The second kappa shape index (κ2) is 16.6. The Bertz CT molecular complexity index is 1280. The summed E-state index contributed by atoms with van der Waals surface area (Å²) in [5, 5.41) is 9.50. The van der Waals surface area contributed by atoms with Crippen LogP contribution in [-0.4, -0.2) is 28.2 Å². The van der Waals surface area contributed by atoms with E-state index < -0.39 is 11.4 Å². The van der Waals surface area contributed by atoms with Crippen molar-refractivity contribution in [3.05, 3.63) is 109 Å². The quantitative estimate of drug-likeness (QED) is 0.105. The summed E-state index contributed by atoms with van der Waals surface area (Å²) in [6, 6.07) is 30.3. The number of phenols is 1. The lowest BCUT2D eigenvalue weighted by Crippen LogP contribution is -2.00. The third-order valence-corrected chi connectivity index (χ3v) is 4.39. The Balaban J connectivity index is 0.000000234. The van der Waals surface area contributed by atoms with Crippen molar-refractivity contribution in [2.75, 3.05) is 0 Å². The number of esters is 1. The molecule has 0 amide bonds. The molecular formula is C28H24AlCl3O6. The van der Waals surface area contributed by atoms with Gasteiger partial charge >= 0.3 is 17.4 Å². The van der Waals surface area contributed by atoms with E-state index in [0.717, 1.165) is 5.75 Å². The first-order valence-electron chi connectivity index (χ1n) is 11.1. The van der Waals surface area contributed by atoms with Crippen molar-refractivity contribution in [1.29, 1.82) is 0 Å². The van der Waals surface area contributed by atoms with Crippen LogP contribution in [0, 0.1) is 0 Å². The zero-order valence-electron chi connectivity index (χ0n) is 20.5. The fraction of sp³-hybridized carbons (Fsp3) is 0.0714. The maximum absolute atomic E-state index is 11.3. The number of hydrogen-bond donors (Lipinski definition) is 1. The van der Waals surface area contributed by atoms with Crippen molar-refractivity contribution in [2.45, 2.75) is 13.8 Å². The van der Waals surface area contributed by atoms with Crippen LogP contribution in [0.25, 0.3) is 0 Å². The number of aromatic hydroxyl groups is 1. The highest BCUT2D eigenvalue weighted by atomic mass is 35.8. The monoisotopic (exact) mass is 588 g/mol. The number of phenolic OH excluding ortho intramolecular Hbond substituents is 1. The summed E-state index contributed by atoms with van der Waals surface area (Å²) < 4.78 is 16.1. The van der Waals surface area contributed by atoms with E-state index in [1.807, 2.05) is 60.7 Å². The Labute approximate surface area is 238 Å². The molecule has 0 fully saturated rings. The van der Waals surface area contributed by atoms with Crippen LogP contribution < -0.4 is 14.2 Å². The molecule has 1 N–H and O–H groups in total. The normalized spacial score (nSPS) is 9.50. The average Bonchev–Trinajstić information content (AvgIpc) is 2.87. The Morgan fingerprint density at radius 2 is 1.03 bits per heavy atom. The molecule has 6 nitrogen and oxygen atoms in total. The van der Waals surface area contributed by atoms with Crippen LogP contribution >= 0.6 is 30.1 Å². The molecule has 0 saturated heterocycles. The fourth-order valence-electron chi connectivity index (χ4n) is 2.85. The fourth-order valence-corrected chi connectivity index (χ4v) is 2.85. The van der Waals surface area contributed by atoms with Crippen molar-refractivity contribution >= 4 is 53.3 Å². The van der Waals surface area contributed by atoms with E-state index in [-0.39, 0.29) is 23.1 Å². The predicted molar refractivity (Wildman–Crippen MR) is 152 cm³/mol. The highest BCUT2D eigenvalue weighted by Gasteiger charge is 2.08. The minimum atomic E-state index is -1.72. The van der Waals surface area contributed by atoms with Crippen molar-refractivity contribution < 1.29 is 28.9 Å². The van der Waals surface area contributed by atoms with Gasteiger partial charge in [-0.05, 0) is 73.7 Å². The number of para-hydroxylation sites is 2. The number of carbonyl (C=O) groups excluding carboxylic acids is 2. The van der Waals surface area contributed by atoms with E-state index in [1.165, 1.54) is 26.0 Å². The highest BCUT2D eigenvalue weighted by Crippen LogP contribution is 2.27. The summed E-state index contributed by atoms with van der Waals surface area (Å²) in [5.74, 6) is 2.64. The Hall–Kier alpha value is -3.18. The van der Waals surface area contributed by atoms with Gasteiger partial charge in [0, 0.05) is 6.92 Å². The van der Waals surface area contributed by atoms with Gasteiger partial charge in [-0.3, -0.25) is 9.59 Å². The van der Waals surface area contributed by atoms with Crippen LogP contribution in [0.1, 0.15) is 24.2 Å². The first-order valence-corrected chi connectivity index (χ1v) is 16.4. The van der Waals surface area contributed by atoms with E-state index in [4.69, 9.17) is 44.4 Å². The van der Waals surface area contributed by atoms with Gasteiger partial charge in [-0.15, -0.1) is 0 Å². The average molecular weight is 590 g/mol. The topological polar surface area (TPSA) is 82.1 Å². The molecule has 0 saturated carbocycles. The molecule has 0 radical (unpaired) electrons. The largest absolute Gasteiger partial charge is 0.643 e. The molecule has 0 spiro atoms. The molecule has 0 aliphatic rings. The number of carbonyl (C=O) groups is 2. The van der Waals surface area contributed by atoms with Gasteiger partial charge in [0.05, 0.1) is 5.56 Å². The van der Waals surface area contributed by atoms with E-state index in [2.05, 4.69) is 0 Å². The van der Waals surface area contributed by atoms with Crippen LogP contribution in [0.4, 0.5) is 0 Å². The SMILES string of the molecule is CC(=O)Oc1ccc(Oc2ccccc2)cc1.CC(=O)c1cc(Oc2ccccc2)ccc1O.[Cl][Al]([Cl])[Cl]. The van der Waals surface area contributed by atoms with Crippen LogP contribution in [0.3, 0.4) is 0 Å². The number of hydrogen-bond acceptors (Lipinski definition) is 6. The second-order valence-corrected chi connectivity index (χ2v) is 13.8. The molecule has 4 aromatic rings. The van der Waals surface area contributed by atoms with Gasteiger partial charge in [-0.2, -0.15) is 0 Å². The molecule has 4 rings (SSSR count). The smallest absolute Gasteiger partial charge is 0.507 e. The number of ketones is 1. The number of ether oxygens (including phenoxy) is 3. The number of benzene rings is 4. The van der Waals surface area contributed by atoms with Gasteiger partial charge in [0.25, 0.3) is 0 Å². The van der Waals surface area contributed by atoms with Crippen LogP contribution in [-0.2, 0) is 4.79 Å². The van der Waals surface area contributed by atoms with Gasteiger partial charge in [0.1, 0.15) is 34.5 Å². The van der Waals surface area contributed by atoms with Crippen LogP contribution in [0.5, 0.6) is 34.5 Å². The summed E-state index contributed by atoms with van der Waals surface area (Å²) in [4.78, 5) is 22.0. The van der Waals surface area contributed by atoms with Crippen molar-refractivity contribution in [1.82, 2.24) is 0 Å². The van der Waals surface area contributed by atoms with Gasteiger partial charge in [0.2, 0.25) is 0 Å². The van der Waals surface area contributed by atoms with Crippen molar-refractivity contribution in [3.63, 3.8) is 0 Å². The number of halogens is 3. The van der Waals surface area contributed by atoms with Crippen molar-refractivity contribution in [3.8, 4) is 34.5 Å². The Kier molecular flexibility index (Phi) is 13.6. The van der Waals surface area contributed by atoms with E-state index in [1.54, 1.807) is 30.3 Å². The third kappa shape index (κ3) is 12.4. The molecule has 0 heterocycles.